The van der Waals surface area contributed by atoms with Crippen LogP contribution < -0.4 is 4.74 Å². The highest BCUT2D eigenvalue weighted by Crippen LogP contribution is 2.15. The summed E-state index contributed by atoms with van der Waals surface area (Å²) in [5.74, 6) is 0.765. The fraction of sp³-hybridized carbons (Fsp3) is 0.500. The van der Waals surface area contributed by atoms with E-state index in [0.29, 0.717) is 26.0 Å². The first kappa shape index (κ1) is 15.4. The van der Waals surface area contributed by atoms with E-state index >= 15 is 0 Å². The zero-order valence-electron chi connectivity index (χ0n) is 12.7. The lowest BCUT2D eigenvalue weighted by molar-refractivity contribution is -0.138. The Morgan fingerprint density at radius 3 is 2.67 bits per heavy atom. The van der Waals surface area contributed by atoms with Gasteiger partial charge in [0.15, 0.2) is 0 Å². The molecule has 1 heterocycles. The summed E-state index contributed by atoms with van der Waals surface area (Å²) in [4.78, 5) is 27.1. The molecule has 2 rings (SSSR count). The molecule has 0 radical (unpaired) electrons. The first-order valence-electron chi connectivity index (χ1n) is 7.26. The summed E-state index contributed by atoms with van der Waals surface area (Å²) in [7, 11) is 3.44. The highest BCUT2D eigenvalue weighted by atomic mass is 16.5. The van der Waals surface area contributed by atoms with Crippen LogP contribution in [0.1, 0.15) is 18.4 Å². The highest BCUT2D eigenvalue weighted by Gasteiger charge is 2.16. The molecule has 1 aliphatic heterocycles. The fourth-order valence-corrected chi connectivity index (χ4v) is 2.23. The van der Waals surface area contributed by atoms with E-state index in [-0.39, 0.29) is 18.4 Å². The molecule has 0 atom stereocenters. The number of nitrogens with zero attached hydrogens (tertiary/aromatic N) is 2. The molecule has 2 bridgehead atoms. The molecule has 21 heavy (non-hydrogen) atoms. The quantitative estimate of drug-likeness (QED) is 0.724. The van der Waals surface area contributed by atoms with Crippen molar-refractivity contribution in [2.24, 2.45) is 0 Å². The van der Waals surface area contributed by atoms with Gasteiger partial charge in [-0.3, -0.25) is 9.59 Å². The van der Waals surface area contributed by atoms with Gasteiger partial charge in [-0.2, -0.15) is 0 Å². The highest BCUT2D eigenvalue weighted by molar-refractivity contribution is 5.84. The predicted molar refractivity (Wildman–Crippen MR) is 80.1 cm³/mol. The van der Waals surface area contributed by atoms with Crippen molar-refractivity contribution in [2.75, 3.05) is 33.8 Å². The number of ether oxygens (including phenoxy) is 1. The van der Waals surface area contributed by atoms with E-state index < -0.39 is 0 Å². The molecular weight excluding hydrogens is 268 g/mol. The van der Waals surface area contributed by atoms with Crippen LogP contribution >= 0.6 is 0 Å². The van der Waals surface area contributed by atoms with Crippen LogP contribution in [0.25, 0.3) is 0 Å². The Bertz CT molecular complexity index is 516. The van der Waals surface area contributed by atoms with Crippen molar-refractivity contribution in [2.45, 2.75) is 19.3 Å². The monoisotopic (exact) mass is 290 g/mol. The summed E-state index contributed by atoms with van der Waals surface area (Å²) in [5, 5.41) is 0. The lowest BCUT2D eigenvalue weighted by Gasteiger charge is -2.22. The molecule has 0 aromatic heterocycles. The van der Waals surface area contributed by atoms with E-state index in [0.717, 1.165) is 17.7 Å². The first-order chi connectivity index (χ1) is 10.1. The fourth-order valence-electron chi connectivity index (χ4n) is 2.23. The van der Waals surface area contributed by atoms with Crippen molar-refractivity contribution in [1.29, 1.82) is 0 Å². The van der Waals surface area contributed by atoms with Gasteiger partial charge in [-0.05, 0) is 30.5 Å². The number of likely N-dealkylation sites (N-methyl/N-ethyl adjacent to an activating group) is 2. The number of carbonyl (C=O) groups is 2. The van der Waals surface area contributed by atoms with Gasteiger partial charge in [0.25, 0.3) is 0 Å². The molecule has 0 spiro atoms. The lowest BCUT2D eigenvalue weighted by Crippen LogP contribution is -2.40. The summed E-state index contributed by atoms with van der Waals surface area (Å²) < 4.78 is 5.67. The molecule has 0 fully saturated rings. The average Bonchev–Trinajstić information content (AvgIpc) is 2.48. The van der Waals surface area contributed by atoms with Crippen LogP contribution in [0, 0.1) is 0 Å². The zero-order chi connectivity index (χ0) is 15.2. The van der Waals surface area contributed by atoms with Gasteiger partial charge in [-0.25, -0.2) is 0 Å². The van der Waals surface area contributed by atoms with E-state index in [1.54, 1.807) is 19.0 Å². The standard InChI is InChI=1S/C16H22N2O3/c1-17-9-8-13-5-3-6-14(11-13)21-10-4-7-15(19)18(2)12-16(17)20/h3,5-6,11H,4,7-10,12H2,1-2H3. The van der Waals surface area contributed by atoms with Gasteiger partial charge < -0.3 is 14.5 Å². The molecule has 114 valence electrons. The van der Waals surface area contributed by atoms with Gasteiger partial charge >= 0.3 is 0 Å². The van der Waals surface area contributed by atoms with E-state index in [1.807, 2.05) is 24.3 Å². The number of hydrogen-bond donors (Lipinski definition) is 0. The lowest BCUT2D eigenvalue weighted by atomic mass is 10.1. The molecule has 5 heteroatoms. The molecule has 2 amide bonds. The second-order valence-corrected chi connectivity index (χ2v) is 5.41. The number of carbonyl (C=O) groups excluding carboxylic acids is 2. The molecule has 0 saturated heterocycles. The summed E-state index contributed by atoms with van der Waals surface area (Å²) in [6.07, 6.45) is 1.82. The molecule has 1 aliphatic rings. The van der Waals surface area contributed by atoms with E-state index in [9.17, 15) is 9.59 Å². The molecule has 1 aromatic carbocycles. The third-order valence-corrected chi connectivity index (χ3v) is 3.66. The van der Waals surface area contributed by atoms with Gasteiger partial charge in [0.05, 0.1) is 13.2 Å². The summed E-state index contributed by atoms with van der Waals surface area (Å²) >= 11 is 0. The van der Waals surface area contributed by atoms with Crippen molar-refractivity contribution in [1.82, 2.24) is 9.80 Å². The van der Waals surface area contributed by atoms with Crippen LogP contribution in [0.3, 0.4) is 0 Å². The van der Waals surface area contributed by atoms with Gasteiger partial charge in [0.1, 0.15) is 5.75 Å². The van der Waals surface area contributed by atoms with Gasteiger partial charge in [0.2, 0.25) is 11.8 Å². The molecule has 0 saturated carbocycles. The third kappa shape index (κ3) is 4.48. The SMILES string of the molecule is CN1CCc2cccc(c2)OCCCC(=O)N(C)CC1=O. The maximum Gasteiger partial charge on any atom is 0.241 e. The van der Waals surface area contributed by atoms with E-state index in [2.05, 4.69) is 0 Å². The maximum absolute atomic E-state index is 12.1. The largest absolute Gasteiger partial charge is 0.494 e. The van der Waals surface area contributed by atoms with Gasteiger partial charge in [0, 0.05) is 27.1 Å². The van der Waals surface area contributed by atoms with Crippen LogP contribution in [0.2, 0.25) is 0 Å². The molecule has 5 nitrogen and oxygen atoms in total. The Morgan fingerprint density at radius 2 is 1.86 bits per heavy atom. The topological polar surface area (TPSA) is 49.9 Å². The van der Waals surface area contributed by atoms with Crippen LogP contribution in [-0.4, -0.2) is 55.4 Å². The number of amides is 2. The van der Waals surface area contributed by atoms with Crippen molar-refractivity contribution >= 4 is 11.8 Å². The molecule has 0 unspecified atom stereocenters. The van der Waals surface area contributed by atoms with Crippen molar-refractivity contribution in [3.05, 3.63) is 29.8 Å². The van der Waals surface area contributed by atoms with Crippen LogP contribution in [0.4, 0.5) is 0 Å². The number of benzene rings is 1. The minimum absolute atomic E-state index is 0.0221. The van der Waals surface area contributed by atoms with Crippen LogP contribution in [0.5, 0.6) is 5.75 Å². The van der Waals surface area contributed by atoms with Gasteiger partial charge in [-0.1, -0.05) is 12.1 Å². The third-order valence-electron chi connectivity index (χ3n) is 3.66. The maximum atomic E-state index is 12.1. The number of rotatable bonds is 0. The van der Waals surface area contributed by atoms with E-state index in [1.165, 1.54) is 4.90 Å². The second kappa shape index (κ2) is 7.11. The smallest absolute Gasteiger partial charge is 0.241 e. The van der Waals surface area contributed by atoms with Crippen LogP contribution in [-0.2, 0) is 16.0 Å². The molecule has 0 N–H and O–H groups in total. The first-order valence-corrected chi connectivity index (χ1v) is 7.26. The second-order valence-electron chi connectivity index (χ2n) is 5.41. The van der Waals surface area contributed by atoms with Crippen molar-refractivity contribution in [3.63, 3.8) is 0 Å². The predicted octanol–water partition coefficient (Wildman–Crippen LogP) is 1.32. The summed E-state index contributed by atoms with van der Waals surface area (Å²) in [6, 6.07) is 7.90. The molecule has 1 aromatic rings. The van der Waals surface area contributed by atoms with Crippen LogP contribution in [0.15, 0.2) is 24.3 Å². The van der Waals surface area contributed by atoms with Gasteiger partial charge in [-0.15, -0.1) is 0 Å². The van der Waals surface area contributed by atoms with Crippen molar-refractivity contribution in [3.8, 4) is 5.75 Å². The Labute approximate surface area is 125 Å². The summed E-state index contributed by atoms with van der Waals surface area (Å²) in [5.41, 5.74) is 1.15. The molecular formula is C16H22N2O3. The Morgan fingerprint density at radius 1 is 1.05 bits per heavy atom. The Hall–Kier alpha value is -2.04. The Balaban J connectivity index is 2.11. The average molecular weight is 290 g/mol. The van der Waals surface area contributed by atoms with E-state index in [4.69, 9.17) is 4.74 Å². The normalized spacial score (nSPS) is 18.2. The minimum Gasteiger partial charge on any atom is -0.494 e. The van der Waals surface area contributed by atoms with Crippen molar-refractivity contribution < 1.29 is 14.3 Å². The molecule has 0 aliphatic carbocycles. The minimum atomic E-state index is -0.0321. The number of hydrogen-bond acceptors (Lipinski definition) is 3. The zero-order valence-corrected chi connectivity index (χ0v) is 12.7. The Kier molecular flexibility index (Phi) is 5.20. The number of fused-ring (bicyclic) bond motifs is 2. The summed E-state index contributed by atoms with van der Waals surface area (Å²) in [6.45, 7) is 1.28.